The fraction of sp³-hybridized carbons (Fsp3) is 0.389. The molecule has 4 rings (SSSR count). The minimum absolute atomic E-state index is 0.0178. The van der Waals surface area contributed by atoms with Crippen LogP contribution in [0.3, 0.4) is 0 Å². The van der Waals surface area contributed by atoms with Crippen LogP contribution in [-0.2, 0) is 13.6 Å². The van der Waals surface area contributed by atoms with Gasteiger partial charge in [0.1, 0.15) is 5.65 Å². The van der Waals surface area contributed by atoms with E-state index in [1.165, 1.54) is 5.56 Å². The van der Waals surface area contributed by atoms with Crippen LogP contribution in [0.25, 0.3) is 5.65 Å². The molecule has 6 heteroatoms. The van der Waals surface area contributed by atoms with E-state index < -0.39 is 0 Å². The van der Waals surface area contributed by atoms with Crippen molar-refractivity contribution in [2.24, 2.45) is 7.05 Å². The molecule has 0 saturated carbocycles. The summed E-state index contributed by atoms with van der Waals surface area (Å²) in [6.07, 6.45) is 8.07. The van der Waals surface area contributed by atoms with Gasteiger partial charge in [-0.15, -0.1) is 0 Å². The van der Waals surface area contributed by atoms with E-state index in [4.69, 9.17) is 4.98 Å². The summed E-state index contributed by atoms with van der Waals surface area (Å²) in [5.74, 6) is 0. The molecule has 0 unspecified atom stereocenters. The molecule has 0 radical (unpaired) electrons. The maximum atomic E-state index is 12.4. The summed E-state index contributed by atoms with van der Waals surface area (Å²) in [6.45, 7) is 3.70. The number of pyridine rings is 1. The highest BCUT2D eigenvalue weighted by atomic mass is 16.1. The summed E-state index contributed by atoms with van der Waals surface area (Å²) >= 11 is 0. The first kappa shape index (κ1) is 15.1. The largest absolute Gasteiger partial charge is 0.290 e. The topological polar surface area (TPSA) is 55.4 Å². The summed E-state index contributed by atoms with van der Waals surface area (Å²) in [5.41, 5.74) is 3.82. The number of likely N-dealkylation sites (tertiary alicyclic amines) is 1. The van der Waals surface area contributed by atoms with E-state index in [-0.39, 0.29) is 5.56 Å². The first-order valence-corrected chi connectivity index (χ1v) is 8.32. The molecule has 0 aromatic carbocycles. The third kappa shape index (κ3) is 2.63. The summed E-state index contributed by atoms with van der Waals surface area (Å²) in [4.78, 5) is 19.5. The average Bonchev–Trinajstić information content (AvgIpc) is 3.17. The summed E-state index contributed by atoms with van der Waals surface area (Å²) in [6, 6.07) is 5.88. The SMILES string of the molecule is Cc1cccn2c(=O)cc(CN3CCC[C@@H]3c3cnn(C)c3)nc12. The molecule has 1 fully saturated rings. The third-order valence-electron chi connectivity index (χ3n) is 4.78. The lowest BCUT2D eigenvalue weighted by atomic mass is 10.1. The van der Waals surface area contributed by atoms with E-state index in [1.807, 2.05) is 37.0 Å². The van der Waals surface area contributed by atoms with Crippen molar-refractivity contribution in [3.8, 4) is 0 Å². The van der Waals surface area contributed by atoms with E-state index >= 15 is 0 Å². The Labute approximate surface area is 140 Å². The maximum absolute atomic E-state index is 12.4. The van der Waals surface area contributed by atoms with Crippen LogP contribution in [0.1, 0.15) is 35.7 Å². The number of fused-ring (bicyclic) bond motifs is 1. The molecule has 3 aromatic rings. The highest BCUT2D eigenvalue weighted by molar-refractivity contribution is 5.46. The Bertz CT molecular complexity index is 942. The molecule has 3 aromatic heterocycles. The molecule has 124 valence electrons. The van der Waals surface area contributed by atoms with Gasteiger partial charge in [-0.05, 0) is 37.9 Å². The van der Waals surface area contributed by atoms with Crippen molar-refractivity contribution in [3.05, 3.63) is 64.0 Å². The Morgan fingerprint density at radius 2 is 2.25 bits per heavy atom. The Kier molecular flexibility index (Phi) is 3.69. The maximum Gasteiger partial charge on any atom is 0.258 e. The van der Waals surface area contributed by atoms with Crippen molar-refractivity contribution in [2.75, 3.05) is 6.54 Å². The van der Waals surface area contributed by atoms with Gasteiger partial charge in [-0.3, -0.25) is 18.8 Å². The van der Waals surface area contributed by atoms with Gasteiger partial charge in [0, 0.05) is 43.7 Å². The number of hydrogen-bond acceptors (Lipinski definition) is 4. The van der Waals surface area contributed by atoms with Crippen molar-refractivity contribution in [3.63, 3.8) is 0 Å². The molecule has 1 saturated heterocycles. The van der Waals surface area contributed by atoms with Gasteiger partial charge in [-0.2, -0.15) is 5.10 Å². The molecule has 1 atom stereocenters. The molecule has 0 spiro atoms. The first-order chi connectivity index (χ1) is 11.6. The van der Waals surface area contributed by atoms with Crippen molar-refractivity contribution >= 4 is 5.65 Å². The molecule has 0 amide bonds. The molecule has 24 heavy (non-hydrogen) atoms. The van der Waals surface area contributed by atoms with Crippen molar-refractivity contribution < 1.29 is 0 Å². The fourth-order valence-corrected chi connectivity index (χ4v) is 3.60. The predicted molar refractivity (Wildman–Crippen MR) is 91.8 cm³/mol. The van der Waals surface area contributed by atoms with Crippen LogP contribution in [0.2, 0.25) is 0 Å². The average molecular weight is 323 g/mol. The quantitative estimate of drug-likeness (QED) is 0.740. The van der Waals surface area contributed by atoms with Gasteiger partial charge in [0.25, 0.3) is 5.56 Å². The second-order valence-corrected chi connectivity index (χ2v) is 6.55. The standard InChI is InChI=1S/C18H21N5O/c1-13-5-3-8-23-17(24)9-15(20-18(13)23)12-22-7-4-6-16(22)14-10-19-21(2)11-14/h3,5,8-11,16H,4,6-7,12H2,1-2H3/t16-/m1/s1. The minimum Gasteiger partial charge on any atom is -0.290 e. The van der Waals surface area contributed by atoms with E-state index in [9.17, 15) is 4.79 Å². The van der Waals surface area contributed by atoms with Gasteiger partial charge in [0.05, 0.1) is 11.9 Å². The van der Waals surface area contributed by atoms with Gasteiger partial charge in [0.15, 0.2) is 0 Å². The van der Waals surface area contributed by atoms with Crippen molar-refractivity contribution in [1.29, 1.82) is 0 Å². The number of hydrogen-bond donors (Lipinski definition) is 0. The second-order valence-electron chi connectivity index (χ2n) is 6.55. The molecule has 1 aliphatic heterocycles. The predicted octanol–water partition coefficient (Wildman–Crippen LogP) is 2.07. The van der Waals surface area contributed by atoms with Gasteiger partial charge in [-0.25, -0.2) is 4.98 Å². The lowest BCUT2D eigenvalue weighted by molar-refractivity contribution is 0.245. The van der Waals surface area contributed by atoms with Crippen molar-refractivity contribution in [2.45, 2.75) is 32.4 Å². The number of aromatic nitrogens is 4. The molecule has 0 N–H and O–H groups in total. The molecule has 1 aliphatic rings. The van der Waals surface area contributed by atoms with E-state index in [1.54, 1.807) is 16.7 Å². The highest BCUT2D eigenvalue weighted by Gasteiger charge is 2.27. The van der Waals surface area contributed by atoms with Gasteiger partial charge in [-0.1, -0.05) is 6.07 Å². The van der Waals surface area contributed by atoms with Gasteiger partial charge < -0.3 is 0 Å². The minimum atomic E-state index is -0.0178. The molecule has 0 bridgehead atoms. The Morgan fingerprint density at radius 1 is 1.38 bits per heavy atom. The van der Waals surface area contributed by atoms with Gasteiger partial charge in [0.2, 0.25) is 0 Å². The highest BCUT2D eigenvalue weighted by Crippen LogP contribution is 2.32. The van der Waals surface area contributed by atoms with Crippen LogP contribution in [0, 0.1) is 6.92 Å². The smallest absolute Gasteiger partial charge is 0.258 e. The van der Waals surface area contributed by atoms with E-state index in [0.717, 1.165) is 36.3 Å². The zero-order chi connectivity index (χ0) is 16.7. The molecule has 4 heterocycles. The van der Waals surface area contributed by atoms with E-state index in [0.29, 0.717) is 12.6 Å². The third-order valence-corrected chi connectivity index (χ3v) is 4.78. The van der Waals surface area contributed by atoms with Crippen LogP contribution in [0.15, 0.2) is 41.6 Å². The number of aryl methyl sites for hydroxylation is 2. The Balaban J connectivity index is 1.66. The van der Waals surface area contributed by atoms with Crippen LogP contribution in [-0.4, -0.2) is 30.6 Å². The summed E-state index contributed by atoms with van der Waals surface area (Å²) in [5, 5.41) is 4.29. The Morgan fingerprint density at radius 3 is 3.04 bits per heavy atom. The van der Waals surface area contributed by atoms with Crippen LogP contribution in [0.4, 0.5) is 0 Å². The molecule has 0 aliphatic carbocycles. The molecular weight excluding hydrogens is 302 g/mol. The van der Waals surface area contributed by atoms with Crippen LogP contribution < -0.4 is 5.56 Å². The van der Waals surface area contributed by atoms with Crippen LogP contribution in [0.5, 0.6) is 0 Å². The number of nitrogens with zero attached hydrogens (tertiary/aromatic N) is 5. The lowest BCUT2D eigenvalue weighted by Gasteiger charge is -2.23. The zero-order valence-electron chi connectivity index (χ0n) is 14.0. The second kappa shape index (κ2) is 5.87. The normalized spacial score (nSPS) is 18.5. The van der Waals surface area contributed by atoms with E-state index in [2.05, 4.69) is 16.2 Å². The first-order valence-electron chi connectivity index (χ1n) is 8.32. The molecular formula is C18H21N5O. The zero-order valence-corrected chi connectivity index (χ0v) is 14.0. The summed E-state index contributed by atoms with van der Waals surface area (Å²) in [7, 11) is 1.94. The number of rotatable bonds is 3. The van der Waals surface area contributed by atoms with Crippen molar-refractivity contribution in [1.82, 2.24) is 24.1 Å². The van der Waals surface area contributed by atoms with Crippen LogP contribution >= 0.6 is 0 Å². The monoisotopic (exact) mass is 323 g/mol. The fourth-order valence-electron chi connectivity index (χ4n) is 3.60. The Hall–Kier alpha value is -2.47. The van der Waals surface area contributed by atoms with Gasteiger partial charge >= 0.3 is 0 Å². The molecule has 6 nitrogen and oxygen atoms in total. The summed E-state index contributed by atoms with van der Waals surface area (Å²) < 4.78 is 3.46. The lowest BCUT2D eigenvalue weighted by Crippen LogP contribution is -2.25.